The summed E-state index contributed by atoms with van der Waals surface area (Å²) in [6, 6.07) is 10.2. The molecule has 3 nitrogen and oxygen atoms in total. The molecule has 0 atom stereocenters. The van der Waals surface area contributed by atoms with Gasteiger partial charge in [0.2, 0.25) is 0 Å². The molecule has 3 aromatic rings. The zero-order chi connectivity index (χ0) is 18.0. The Morgan fingerprint density at radius 2 is 1.88 bits per heavy atom. The first-order valence-corrected chi connectivity index (χ1v) is 7.49. The first-order valence-electron chi connectivity index (χ1n) is 7.49. The molecule has 0 bridgehead atoms. The van der Waals surface area contributed by atoms with Crippen LogP contribution in [-0.4, -0.2) is 10.8 Å². The summed E-state index contributed by atoms with van der Waals surface area (Å²) in [5, 5.41) is 0.603. The number of rotatable bonds is 3. The largest absolute Gasteiger partial charge is 1.00 e. The van der Waals surface area contributed by atoms with Crippen LogP contribution in [0.25, 0.3) is 17.0 Å². The summed E-state index contributed by atoms with van der Waals surface area (Å²) < 4.78 is 40.2. The second-order valence-electron chi connectivity index (χ2n) is 5.60. The van der Waals surface area contributed by atoms with Crippen molar-refractivity contribution in [2.24, 2.45) is 7.05 Å². The van der Waals surface area contributed by atoms with Crippen molar-refractivity contribution in [3.8, 4) is 0 Å². The predicted molar refractivity (Wildman–Crippen MR) is 87.7 cm³/mol. The number of hydrogen-bond donors (Lipinski definition) is 0. The summed E-state index contributed by atoms with van der Waals surface area (Å²) in [6.07, 6.45) is 1.94. The Bertz CT molecular complexity index is 984. The number of halogens is 4. The summed E-state index contributed by atoms with van der Waals surface area (Å²) in [6.45, 7) is 0. The van der Waals surface area contributed by atoms with Crippen LogP contribution in [0, 0.1) is 0 Å². The van der Waals surface area contributed by atoms with Gasteiger partial charge in [0.15, 0.2) is 18.2 Å². The second kappa shape index (κ2) is 7.94. The molecule has 0 saturated heterocycles. The number of nitrogens with zero attached hydrogens (tertiary/aromatic N) is 2. The number of aryl methyl sites for hydroxylation is 1. The molecule has 0 saturated carbocycles. The Balaban J connectivity index is 0.00000243. The third-order valence-electron chi connectivity index (χ3n) is 3.67. The lowest BCUT2D eigenvalue weighted by Gasteiger charge is -2.07. The highest BCUT2D eigenvalue weighted by molar-refractivity contribution is 6.06. The minimum atomic E-state index is -4.42. The first kappa shape index (κ1) is 20.0. The van der Waals surface area contributed by atoms with Crippen molar-refractivity contribution in [3.63, 3.8) is 0 Å². The van der Waals surface area contributed by atoms with Gasteiger partial charge in [0.25, 0.3) is 0 Å². The van der Waals surface area contributed by atoms with E-state index < -0.39 is 11.7 Å². The third-order valence-corrected chi connectivity index (χ3v) is 3.67. The number of hydrogen-bond acceptors (Lipinski definition) is 2. The molecular weight excluding hydrogens is 456 g/mol. The van der Waals surface area contributed by atoms with E-state index >= 15 is 0 Å². The first-order chi connectivity index (χ1) is 11.8. The van der Waals surface area contributed by atoms with Crippen LogP contribution in [0.2, 0.25) is 0 Å². The average Bonchev–Trinajstić information content (AvgIpc) is 2.58. The van der Waals surface area contributed by atoms with E-state index in [1.165, 1.54) is 18.2 Å². The Kier molecular flexibility index (Phi) is 6.12. The van der Waals surface area contributed by atoms with Crippen molar-refractivity contribution >= 4 is 22.8 Å². The van der Waals surface area contributed by atoms with Gasteiger partial charge in [0, 0.05) is 11.5 Å². The predicted octanol–water partition coefficient (Wildman–Crippen LogP) is 0.978. The molecular formula is C19H14F3IN2O. The molecule has 26 heavy (non-hydrogen) atoms. The minimum Gasteiger partial charge on any atom is -1.00 e. The summed E-state index contributed by atoms with van der Waals surface area (Å²) in [4.78, 5) is 16.3. The molecule has 0 unspecified atom stereocenters. The minimum absolute atomic E-state index is 0. The number of carbonyl (C=O) groups is 1. The Morgan fingerprint density at radius 1 is 1.15 bits per heavy atom. The van der Waals surface area contributed by atoms with Gasteiger partial charge in [-0.05, 0) is 36.4 Å². The van der Waals surface area contributed by atoms with Gasteiger partial charge in [-0.25, -0.2) is 9.55 Å². The summed E-state index contributed by atoms with van der Waals surface area (Å²) in [5.41, 5.74) is 0.416. The third kappa shape index (κ3) is 4.66. The number of fused-ring (bicyclic) bond motifs is 1. The van der Waals surface area contributed by atoms with Gasteiger partial charge >= 0.3 is 6.18 Å². The zero-order valence-corrected chi connectivity index (χ0v) is 15.8. The van der Waals surface area contributed by atoms with Crippen molar-refractivity contribution in [1.82, 2.24) is 4.98 Å². The van der Waals surface area contributed by atoms with Crippen molar-refractivity contribution < 1.29 is 46.5 Å². The molecule has 2 heterocycles. The van der Waals surface area contributed by atoms with Gasteiger partial charge < -0.3 is 24.0 Å². The maximum absolute atomic E-state index is 12.8. The molecule has 134 valence electrons. The van der Waals surface area contributed by atoms with Crippen LogP contribution in [0.15, 0.2) is 60.9 Å². The molecule has 0 spiro atoms. The topological polar surface area (TPSA) is 33.8 Å². The zero-order valence-electron chi connectivity index (χ0n) is 13.7. The highest BCUT2D eigenvalue weighted by Gasteiger charge is 2.30. The SMILES string of the molecule is C[n+]1cccc(C(=O)/C=C/c2ccc3ccc(C(F)(F)F)cc3n2)c1.[I-]. The lowest BCUT2D eigenvalue weighted by atomic mass is 10.1. The molecule has 0 fully saturated rings. The summed E-state index contributed by atoms with van der Waals surface area (Å²) >= 11 is 0. The lowest BCUT2D eigenvalue weighted by molar-refractivity contribution is -0.671. The number of aromatic nitrogens is 2. The molecule has 7 heteroatoms. The van der Waals surface area contributed by atoms with Crippen LogP contribution in [0.3, 0.4) is 0 Å². The van der Waals surface area contributed by atoms with E-state index in [-0.39, 0.29) is 35.3 Å². The molecule has 3 rings (SSSR count). The average molecular weight is 470 g/mol. The van der Waals surface area contributed by atoms with Gasteiger partial charge in [-0.15, -0.1) is 0 Å². The maximum atomic E-state index is 12.8. The van der Waals surface area contributed by atoms with E-state index in [4.69, 9.17) is 0 Å². The van der Waals surface area contributed by atoms with E-state index in [0.29, 0.717) is 16.6 Å². The van der Waals surface area contributed by atoms with Crippen molar-refractivity contribution in [2.75, 3.05) is 0 Å². The van der Waals surface area contributed by atoms with Gasteiger partial charge in [-0.1, -0.05) is 12.1 Å². The molecule has 0 amide bonds. The van der Waals surface area contributed by atoms with Gasteiger partial charge in [0.1, 0.15) is 7.05 Å². The quantitative estimate of drug-likeness (QED) is 0.248. The van der Waals surface area contributed by atoms with Crippen molar-refractivity contribution in [3.05, 3.63) is 77.8 Å². The number of ketones is 1. The van der Waals surface area contributed by atoms with E-state index in [2.05, 4.69) is 4.98 Å². The van der Waals surface area contributed by atoms with Crippen molar-refractivity contribution in [1.29, 1.82) is 0 Å². The number of alkyl halides is 3. The van der Waals surface area contributed by atoms with Gasteiger partial charge in [0.05, 0.1) is 22.3 Å². The second-order valence-corrected chi connectivity index (χ2v) is 5.60. The van der Waals surface area contributed by atoms with E-state index in [1.807, 2.05) is 13.2 Å². The fourth-order valence-electron chi connectivity index (χ4n) is 2.39. The van der Waals surface area contributed by atoms with Crippen LogP contribution in [0.4, 0.5) is 13.2 Å². The smallest absolute Gasteiger partial charge is 0.416 e. The Morgan fingerprint density at radius 3 is 2.58 bits per heavy atom. The van der Waals surface area contributed by atoms with E-state index in [0.717, 1.165) is 12.1 Å². The standard InChI is InChI=1S/C19H14F3N2O.HI/c1-24-10-2-3-14(12-24)18(25)9-8-16-7-5-13-4-6-15(19(20,21)22)11-17(13)23-16;/h2-12H,1H3;1H/q+1;/p-1/b9-8+;. The molecule has 1 aromatic carbocycles. The maximum Gasteiger partial charge on any atom is 0.416 e. The normalized spacial score (nSPS) is 11.5. The molecule has 0 aliphatic heterocycles. The number of pyridine rings is 2. The van der Waals surface area contributed by atoms with Gasteiger partial charge in [-0.3, -0.25) is 4.79 Å². The van der Waals surface area contributed by atoms with Crippen LogP contribution in [-0.2, 0) is 13.2 Å². The highest BCUT2D eigenvalue weighted by Crippen LogP contribution is 2.31. The van der Waals surface area contributed by atoms with Crippen LogP contribution >= 0.6 is 0 Å². The number of carbonyl (C=O) groups excluding carboxylic acids is 1. The Labute approximate surface area is 165 Å². The lowest BCUT2D eigenvalue weighted by Crippen LogP contribution is -3.00. The monoisotopic (exact) mass is 470 g/mol. The number of benzene rings is 1. The molecule has 2 aromatic heterocycles. The van der Waals surface area contributed by atoms with Gasteiger partial charge in [-0.2, -0.15) is 13.2 Å². The van der Waals surface area contributed by atoms with Crippen LogP contribution < -0.4 is 28.5 Å². The van der Waals surface area contributed by atoms with Crippen LogP contribution in [0.5, 0.6) is 0 Å². The van der Waals surface area contributed by atoms with Crippen molar-refractivity contribution in [2.45, 2.75) is 6.18 Å². The molecule has 0 aliphatic rings. The highest BCUT2D eigenvalue weighted by atomic mass is 127. The van der Waals surface area contributed by atoms with Crippen LogP contribution in [0.1, 0.15) is 21.6 Å². The Hall–Kier alpha value is -2.29. The molecule has 0 radical (unpaired) electrons. The van der Waals surface area contributed by atoms with E-state index in [1.54, 1.807) is 35.0 Å². The fourth-order valence-corrected chi connectivity index (χ4v) is 2.39. The number of allylic oxidation sites excluding steroid dienone is 1. The fraction of sp³-hybridized carbons (Fsp3) is 0.105. The summed E-state index contributed by atoms with van der Waals surface area (Å²) in [5.74, 6) is -0.206. The molecule has 0 aliphatic carbocycles. The van der Waals surface area contributed by atoms with E-state index in [9.17, 15) is 18.0 Å². The molecule has 0 N–H and O–H groups in total. The summed E-state index contributed by atoms with van der Waals surface area (Å²) in [7, 11) is 1.81.